The van der Waals surface area contributed by atoms with Crippen molar-refractivity contribution in [3.63, 3.8) is 0 Å². The van der Waals surface area contributed by atoms with Gasteiger partial charge in [0.25, 0.3) is 5.91 Å². The van der Waals surface area contributed by atoms with Crippen molar-refractivity contribution in [3.8, 4) is 0 Å². The number of rotatable bonds is 4. The summed E-state index contributed by atoms with van der Waals surface area (Å²) >= 11 is 0. The molecule has 5 aromatic carbocycles. The van der Waals surface area contributed by atoms with Crippen molar-refractivity contribution in [2.45, 2.75) is 18.7 Å². The number of fused-ring (bicyclic) bond motifs is 3. The third-order valence-electron chi connectivity index (χ3n) is 7.51. The highest BCUT2D eigenvalue weighted by Crippen LogP contribution is 2.50. The Morgan fingerprint density at radius 3 is 1.86 bits per heavy atom. The lowest BCUT2D eigenvalue weighted by Crippen LogP contribution is -2.37. The smallest absolute Gasteiger partial charge is 0.262 e. The van der Waals surface area contributed by atoms with Gasteiger partial charge >= 0.3 is 0 Å². The van der Waals surface area contributed by atoms with E-state index in [-0.39, 0.29) is 18.4 Å². The van der Waals surface area contributed by atoms with Crippen LogP contribution in [0.1, 0.15) is 17.2 Å². The minimum absolute atomic E-state index is 0.195. The molecule has 5 heteroatoms. The van der Waals surface area contributed by atoms with Gasteiger partial charge in [-0.3, -0.25) is 19.3 Å². The van der Waals surface area contributed by atoms with Crippen molar-refractivity contribution in [2.24, 2.45) is 5.92 Å². The SMILES string of the molecule is O=C1[C@@H]2[C@@H](ON(c3ccccc3)[C@H]2c2c3ccccc3cc3ccccc23)C(=O)N1Cc1ccccc1. The number of para-hydroxylation sites is 1. The second-order valence-corrected chi connectivity index (χ2v) is 9.64. The molecule has 2 amide bonds. The highest BCUT2D eigenvalue weighted by Gasteiger charge is 2.60. The summed E-state index contributed by atoms with van der Waals surface area (Å²) in [6, 6.07) is 37.5. The topological polar surface area (TPSA) is 49.9 Å². The molecule has 0 bridgehead atoms. The van der Waals surface area contributed by atoms with Crippen molar-refractivity contribution in [1.29, 1.82) is 0 Å². The molecular formula is C32H24N2O3. The fourth-order valence-electron chi connectivity index (χ4n) is 5.85. The first-order valence-electron chi connectivity index (χ1n) is 12.5. The highest BCUT2D eigenvalue weighted by molar-refractivity contribution is 6.09. The average Bonchev–Trinajstić information content (AvgIpc) is 3.44. The number of nitrogens with zero attached hydrogens (tertiary/aromatic N) is 2. The number of hydroxylamine groups is 1. The zero-order valence-corrected chi connectivity index (χ0v) is 20.0. The van der Waals surface area contributed by atoms with Crippen LogP contribution in [0.15, 0.2) is 115 Å². The molecule has 3 atom stereocenters. The van der Waals surface area contributed by atoms with Crippen LogP contribution in [-0.4, -0.2) is 22.8 Å². The molecule has 2 aliphatic heterocycles. The monoisotopic (exact) mass is 484 g/mol. The maximum atomic E-state index is 14.0. The first-order valence-corrected chi connectivity index (χ1v) is 12.5. The molecule has 2 saturated heterocycles. The van der Waals surface area contributed by atoms with E-state index in [9.17, 15) is 9.59 Å². The number of hydrogen-bond donors (Lipinski definition) is 0. The van der Waals surface area contributed by atoms with Gasteiger partial charge in [-0.2, -0.15) is 0 Å². The Hall–Kier alpha value is -4.48. The van der Waals surface area contributed by atoms with Crippen LogP contribution in [-0.2, 0) is 21.0 Å². The molecule has 37 heavy (non-hydrogen) atoms. The largest absolute Gasteiger partial charge is 0.275 e. The van der Waals surface area contributed by atoms with E-state index in [1.807, 2.05) is 84.9 Å². The van der Waals surface area contributed by atoms with Crippen LogP contribution in [0.5, 0.6) is 0 Å². The molecule has 5 aromatic rings. The third-order valence-corrected chi connectivity index (χ3v) is 7.51. The van der Waals surface area contributed by atoms with Gasteiger partial charge in [0.2, 0.25) is 5.91 Å². The first kappa shape index (κ1) is 21.8. The molecule has 5 nitrogen and oxygen atoms in total. The number of carbonyl (C=O) groups excluding carboxylic acids is 2. The zero-order valence-electron chi connectivity index (χ0n) is 20.0. The van der Waals surface area contributed by atoms with Gasteiger partial charge in [0, 0.05) is 0 Å². The standard InChI is InChI=1S/C32H24N2O3/c35-31-28-29(27-25-17-9-7-13-22(25)19-23-14-8-10-18-26(23)27)34(24-15-5-2-6-16-24)37-30(28)32(36)33(31)20-21-11-3-1-4-12-21/h1-19,28-30H,20H2/t28-,29-,30+/m0/s1. The predicted molar refractivity (Wildman–Crippen MR) is 143 cm³/mol. The van der Waals surface area contributed by atoms with Crippen molar-refractivity contribution >= 4 is 39.0 Å². The first-order chi connectivity index (χ1) is 18.2. The van der Waals surface area contributed by atoms with Crippen LogP contribution in [0.4, 0.5) is 5.69 Å². The lowest BCUT2D eigenvalue weighted by Gasteiger charge is -2.30. The Morgan fingerprint density at radius 1 is 0.649 bits per heavy atom. The molecule has 180 valence electrons. The number of amides is 2. The Morgan fingerprint density at radius 2 is 1.22 bits per heavy atom. The number of hydrogen-bond acceptors (Lipinski definition) is 4. The molecule has 0 radical (unpaired) electrons. The van der Waals surface area contributed by atoms with E-state index < -0.39 is 18.1 Å². The van der Waals surface area contributed by atoms with Gasteiger partial charge in [0.05, 0.1) is 18.3 Å². The van der Waals surface area contributed by atoms with Crippen LogP contribution in [0.25, 0.3) is 21.5 Å². The molecule has 0 spiro atoms. The van der Waals surface area contributed by atoms with E-state index in [0.29, 0.717) is 0 Å². The maximum Gasteiger partial charge on any atom is 0.262 e. The molecule has 0 saturated carbocycles. The molecule has 0 unspecified atom stereocenters. The molecule has 2 heterocycles. The van der Waals surface area contributed by atoms with Crippen LogP contribution in [0.3, 0.4) is 0 Å². The zero-order chi connectivity index (χ0) is 24.9. The summed E-state index contributed by atoms with van der Waals surface area (Å²) in [5.41, 5.74) is 2.73. The number of carbonyl (C=O) groups is 2. The summed E-state index contributed by atoms with van der Waals surface area (Å²) in [4.78, 5) is 35.4. The van der Waals surface area contributed by atoms with Gasteiger partial charge in [-0.1, -0.05) is 97.1 Å². The van der Waals surface area contributed by atoms with E-state index in [0.717, 1.165) is 38.4 Å². The second kappa shape index (κ2) is 8.57. The predicted octanol–water partition coefficient (Wildman–Crippen LogP) is 6.04. The van der Waals surface area contributed by atoms with Crippen LogP contribution in [0.2, 0.25) is 0 Å². The van der Waals surface area contributed by atoms with E-state index in [1.165, 1.54) is 4.90 Å². The quantitative estimate of drug-likeness (QED) is 0.231. The molecular weight excluding hydrogens is 460 g/mol. The molecule has 2 fully saturated rings. The van der Waals surface area contributed by atoms with E-state index in [1.54, 1.807) is 5.06 Å². The third kappa shape index (κ3) is 3.43. The number of imide groups is 1. The van der Waals surface area contributed by atoms with Crippen molar-refractivity contribution in [2.75, 3.05) is 5.06 Å². The van der Waals surface area contributed by atoms with Crippen molar-refractivity contribution in [3.05, 3.63) is 126 Å². The van der Waals surface area contributed by atoms with Crippen molar-refractivity contribution in [1.82, 2.24) is 4.90 Å². The van der Waals surface area contributed by atoms with Gasteiger partial charge < -0.3 is 0 Å². The Kier molecular flexibility index (Phi) is 5.05. The minimum Gasteiger partial charge on any atom is -0.275 e. The van der Waals surface area contributed by atoms with Gasteiger partial charge in [0.15, 0.2) is 6.10 Å². The van der Waals surface area contributed by atoms with E-state index in [4.69, 9.17) is 4.84 Å². The fourth-order valence-corrected chi connectivity index (χ4v) is 5.85. The van der Waals surface area contributed by atoms with Crippen LogP contribution in [0, 0.1) is 5.92 Å². The number of anilines is 1. The summed E-state index contributed by atoms with van der Waals surface area (Å²) < 4.78 is 0. The Bertz CT molecular complexity index is 1600. The Labute approximate surface area is 214 Å². The van der Waals surface area contributed by atoms with E-state index in [2.05, 4.69) is 30.3 Å². The lowest BCUT2D eigenvalue weighted by molar-refractivity contribution is -0.143. The average molecular weight is 485 g/mol. The molecule has 0 N–H and O–H groups in total. The number of benzene rings is 5. The summed E-state index contributed by atoms with van der Waals surface area (Å²) in [6.07, 6.45) is -0.876. The molecule has 0 aromatic heterocycles. The summed E-state index contributed by atoms with van der Waals surface area (Å²) in [6.45, 7) is 0.239. The molecule has 7 rings (SSSR count). The van der Waals surface area contributed by atoms with Gasteiger partial charge in [0.1, 0.15) is 5.92 Å². The fraction of sp³-hybridized carbons (Fsp3) is 0.125. The maximum absolute atomic E-state index is 14.0. The van der Waals surface area contributed by atoms with Gasteiger partial charge in [-0.15, -0.1) is 0 Å². The van der Waals surface area contributed by atoms with Crippen molar-refractivity contribution < 1.29 is 14.4 Å². The molecule has 2 aliphatic rings. The molecule has 0 aliphatic carbocycles. The van der Waals surface area contributed by atoms with Gasteiger partial charge in [-0.25, -0.2) is 5.06 Å². The highest BCUT2D eigenvalue weighted by atomic mass is 16.7. The number of likely N-dealkylation sites (tertiary alicyclic amines) is 1. The summed E-state index contributed by atoms with van der Waals surface area (Å²) in [5, 5.41) is 6.08. The Balaban J connectivity index is 1.43. The van der Waals surface area contributed by atoms with Crippen LogP contribution < -0.4 is 5.06 Å². The normalized spacial score (nSPS) is 21.2. The summed E-state index contributed by atoms with van der Waals surface area (Å²) in [7, 11) is 0. The van der Waals surface area contributed by atoms with Crippen LogP contribution >= 0.6 is 0 Å². The van der Waals surface area contributed by atoms with Gasteiger partial charge in [-0.05, 0) is 50.9 Å². The second-order valence-electron chi connectivity index (χ2n) is 9.64. The van der Waals surface area contributed by atoms with E-state index >= 15 is 0 Å². The summed E-state index contributed by atoms with van der Waals surface area (Å²) in [5.74, 6) is -1.14. The minimum atomic E-state index is -0.876. The lowest BCUT2D eigenvalue weighted by atomic mass is 9.84.